The first kappa shape index (κ1) is 7.39. The van der Waals surface area contributed by atoms with Gasteiger partial charge < -0.3 is 0 Å². The molecule has 0 unspecified atom stereocenters. The SMILES string of the molecule is CC1=C(C2(C)CCC2)CCC1. The van der Waals surface area contributed by atoms with Crippen LogP contribution in [0, 0.1) is 5.41 Å². The van der Waals surface area contributed by atoms with Gasteiger partial charge in [-0.3, -0.25) is 0 Å². The molecule has 0 aliphatic heterocycles. The molecule has 0 aromatic heterocycles. The minimum atomic E-state index is 0.653. The summed E-state index contributed by atoms with van der Waals surface area (Å²) in [7, 11) is 0. The molecule has 0 heterocycles. The van der Waals surface area contributed by atoms with E-state index in [9.17, 15) is 0 Å². The lowest BCUT2D eigenvalue weighted by Crippen LogP contribution is -2.27. The molecule has 1 fully saturated rings. The molecular formula is C11H18. The lowest BCUT2D eigenvalue weighted by Gasteiger charge is -2.40. The van der Waals surface area contributed by atoms with Crippen molar-refractivity contribution >= 4 is 0 Å². The van der Waals surface area contributed by atoms with E-state index in [0.717, 1.165) is 0 Å². The monoisotopic (exact) mass is 150 g/mol. The maximum atomic E-state index is 2.46. The number of hydrogen-bond donors (Lipinski definition) is 0. The van der Waals surface area contributed by atoms with E-state index in [4.69, 9.17) is 0 Å². The Bertz CT molecular complexity index is 194. The van der Waals surface area contributed by atoms with Gasteiger partial charge in [0.25, 0.3) is 0 Å². The van der Waals surface area contributed by atoms with Crippen LogP contribution in [-0.4, -0.2) is 0 Å². The van der Waals surface area contributed by atoms with Crippen LogP contribution in [0.4, 0.5) is 0 Å². The van der Waals surface area contributed by atoms with E-state index in [-0.39, 0.29) is 0 Å². The highest BCUT2D eigenvalue weighted by atomic mass is 14.4. The molecule has 0 nitrogen and oxygen atoms in total. The van der Waals surface area contributed by atoms with Crippen LogP contribution in [0.2, 0.25) is 0 Å². The zero-order chi connectivity index (χ0) is 7.90. The minimum Gasteiger partial charge on any atom is -0.0736 e. The van der Waals surface area contributed by atoms with Crippen LogP contribution in [0.15, 0.2) is 11.1 Å². The molecule has 0 amide bonds. The number of allylic oxidation sites excluding steroid dienone is 2. The third-order valence-corrected chi connectivity index (χ3v) is 3.68. The topological polar surface area (TPSA) is 0 Å². The van der Waals surface area contributed by atoms with Gasteiger partial charge >= 0.3 is 0 Å². The smallest absolute Gasteiger partial charge is 0.0114 e. The van der Waals surface area contributed by atoms with Gasteiger partial charge in [-0.15, -0.1) is 0 Å². The first-order valence-corrected chi connectivity index (χ1v) is 4.91. The van der Waals surface area contributed by atoms with Crippen LogP contribution in [0.25, 0.3) is 0 Å². The van der Waals surface area contributed by atoms with Crippen molar-refractivity contribution in [1.82, 2.24) is 0 Å². The highest BCUT2D eigenvalue weighted by Crippen LogP contribution is 2.51. The van der Waals surface area contributed by atoms with Gasteiger partial charge in [0.1, 0.15) is 0 Å². The molecular weight excluding hydrogens is 132 g/mol. The fourth-order valence-corrected chi connectivity index (χ4v) is 2.72. The van der Waals surface area contributed by atoms with Gasteiger partial charge in [-0.1, -0.05) is 24.5 Å². The van der Waals surface area contributed by atoms with E-state index in [1.165, 1.54) is 38.5 Å². The van der Waals surface area contributed by atoms with E-state index >= 15 is 0 Å². The normalized spacial score (nSPS) is 28.9. The molecule has 0 atom stereocenters. The average Bonchev–Trinajstić information content (AvgIpc) is 2.30. The summed E-state index contributed by atoms with van der Waals surface area (Å²) in [6, 6.07) is 0. The van der Waals surface area contributed by atoms with E-state index in [1.807, 2.05) is 5.57 Å². The van der Waals surface area contributed by atoms with E-state index in [0.29, 0.717) is 5.41 Å². The van der Waals surface area contributed by atoms with Gasteiger partial charge in [0.15, 0.2) is 0 Å². The van der Waals surface area contributed by atoms with Crippen molar-refractivity contribution in [3.8, 4) is 0 Å². The summed E-state index contributed by atoms with van der Waals surface area (Å²) in [5.74, 6) is 0. The molecule has 62 valence electrons. The second kappa shape index (κ2) is 2.36. The van der Waals surface area contributed by atoms with Crippen LogP contribution >= 0.6 is 0 Å². The molecule has 0 aromatic rings. The third-order valence-electron chi connectivity index (χ3n) is 3.68. The van der Waals surface area contributed by atoms with E-state index < -0.39 is 0 Å². The predicted molar refractivity (Wildman–Crippen MR) is 48.5 cm³/mol. The van der Waals surface area contributed by atoms with Crippen molar-refractivity contribution in [3.63, 3.8) is 0 Å². The lowest BCUT2D eigenvalue weighted by molar-refractivity contribution is 0.209. The second-order valence-electron chi connectivity index (χ2n) is 4.53. The Morgan fingerprint density at radius 1 is 1.09 bits per heavy atom. The quantitative estimate of drug-likeness (QED) is 0.500. The Kier molecular flexibility index (Phi) is 1.59. The summed E-state index contributed by atoms with van der Waals surface area (Å²) in [5.41, 5.74) is 4.19. The van der Waals surface area contributed by atoms with Crippen LogP contribution in [-0.2, 0) is 0 Å². The largest absolute Gasteiger partial charge is 0.0736 e. The first-order valence-electron chi connectivity index (χ1n) is 4.91. The Balaban J connectivity index is 2.20. The predicted octanol–water partition coefficient (Wildman–Crippen LogP) is 3.68. The lowest BCUT2D eigenvalue weighted by atomic mass is 9.64. The summed E-state index contributed by atoms with van der Waals surface area (Å²) >= 11 is 0. The zero-order valence-corrected chi connectivity index (χ0v) is 7.74. The van der Waals surface area contributed by atoms with Gasteiger partial charge in [-0.2, -0.15) is 0 Å². The Hall–Kier alpha value is -0.260. The Morgan fingerprint density at radius 3 is 2.18 bits per heavy atom. The Labute approximate surface area is 69.7 Å². The molecule has 0 N–H and O–H groups in total. The summed E-state index contributed by atoms with van der Waals surface area (Å²) in [4.78, 5) is 0. The van der Waals surface area contributed by atoms with E-state index in [2.05, 4.69) is 13.8 Å². The van der Waals surface area contributed by atoms with Gasteiger partial charge in [0, 0.05) is 0 Å². The van der Waals surface area contributed by atoms with Gasteiger partial charge in [-0.25, -0.2) is 0 Å². The molecule has 2 aliphatic rings. The maximum Gasteiger partial charge on any atom is -0.0114 e. The third kappa shape index (κ3) is 1.04. The molecule has 0 saturated heterocycles. The summed E-state index contributed by atoms with van der Waals surface area (Å²) in [5, 5.41) is 0. The molecule has 2 rings (SSSR count). The van der Waals surface area contributed by atoms with E-state index in [1.54, 1.807) is 5.57 Å². The van der Waals surface area contributed by atoms with Crippen molar-refractivity contribution in [1.29, 1.82) is 0 Å². The van der Waals surface area contributed by atoms with Crippen LogP contribution in [0.5, 0.6) is 0 Å². The van der Waals surface area contributed by atoms with Crippen molar-refractivity contribution < 1.29 is 0 Å². The maximum absolute atomic E-state index is 2.46. The number of hydrogen-bond acceptors (Lipinski definition) is 0. The molecule has 0 aromatic carbocycles. The van der Waals surface area contributed by atoms with Gasteiger partial charge in [0.05, 0.1) is 0 Å². The first-order chi connectivity index (χ1) is 5.22. The zero-order valence-electron chi connectivity index (χ0n) is 7.74. The van der Waals surface area contributed by atoms with Crippen molar-refractivity contribution in [2.75, 3.05) is 0 Å². The Morgan fingerprint density at radius 2 is 1.82 bits per heavy atom. The highest BCUT2D eigenvalue weighted by Gasteiger charge is 2.37. The molecule has 2 aliphatic carbocycles. The highest BCUT2D eigenvalue weighted by molar-refractivity contribution is 5.26. The van der Waals surface area contributed by atoms with Crippen LogP contribution < -0.4 is 0 Å². The molecule has 0 radical (unpaired) electrons. The number of rotatable bonds is 1. The molecule has 1 saturated carbocycles. The fraction of sp³-hybridized carbons (Fsp3) is 0.818. The van der Waals surface area contributed by atoms with Crippen LogP contribution in [0.1, 0.15) is 52.4 Å². The van der Waals surface area contributed by atoms with Crippen LogP contribution in [0.3, 0.4) is 0 Å². The molecule has 0 spiro atoms. The van der Waals surface area contributed by atoms with Gasteiger partial charge in [0.2, 0.25) is 0 Å². The summed E-state index contributed by atoms with van der Waals surface area (Å²) in [6.07, 6.45) is 8.59. The average molecular weight is 150 g/mol. The standard InChI is InChI=1S/C11H18/c1-9-5-3-6-10(9)11(2)7-4-8-11/h3-8H2,1-2H3. The fourth-order valence-electron chi connectivity index (χ4n) is 2.72. The molecule has 0 bridgehead atoms. The second-order valence-corrected chi connectivity index (χ2v) is 4.53. The minimum absolute atomic E-state index is 0.653. The molecule has 11 heavy (non-hydrogen) atoms. The summed E-state index contributed by atoms with van der Waals surface area (Å²) in [6.45, 7) is 4.80. The molecule has 0 heteroatoms. The summed E-state index contributed by atoms with van der Waals surface area (Å²) < 4.78 is 0. The van der Waals surface area contributed by atoms with Gasteiger partial charge in [-0.05, 0) is 44.4 Å². The van der Waals surface area contributed by atoms with Crippen molar-refractivity contribution in [2.24, 2.45) is 5.41 Å². The van der Waals surface area contributed by atoms with Crippen molar-refractivity contribution in [3.05, 3.63) is 11.1 Å². The van der Waals surface area contributed by atoms with Crippen molar-refractivity contribution in [2.45, 2.75) is 52.4 Å².